The van der Waals surface area contributed by atoms with Crippen molar-refractivity contribution in [2.45, 2.75) is 45.2 Å². The Morgan fingerprint density at radius 1 is 0.865 bits per heavy atom. The molecule has 2 saturated heterocycles. The van der Waals surface area contributed by atoms with Crippen LogP contribution in [-0.2, 0) is 17.9 Å². The third kappa shape index (κ3) is 5.80. The van der Waals surface area contributed by atoms with E-state index in [4.69, 9.17) is 4.74 Å². The monoisotopic (exact) mass is 499 g/mol. The van der Waals surface area contributed by atoms with Crippen molar-refractivity contribution in [3.05, 3.63) is 77.4 Å². The number of benzene rings is 3. The molecule has 6 heteroatoms. The maximum atomic E-state index is 13.5. The molecule has 194 valence electrons. The third-order valence-corrected chi connectivity index (χ3v) is 7.83. The zero-order valence-corrected chi connectivity index (χ0v) is 21.7. The fourth-order valence-corrected chi connectivity index (χ4v) is 5.75. The smallest absolute Gasteiger partial charge is 0.254 e. The minimum Gasteiger partial charge on any atom is -0.496 e. The molecule has 0 spiro atoms. The molecule has 0 aromatic heterocycles. The van der Waals surface area contributed by atoms with Gasteiger partial charge >= 0.3 is 0 Å². The number of hydrogen-bond donors (Lipinski definition) is 1. The van der Waals surface area contributed by atoms with Crippen molar-refractivity contribution in [1.82, 2.24) is 15.1 Å². The average Bonchev–Trinajstić information content (AvgIpc) is 2.96. The van der Waals surface area contributed by atoms with Crippen LogP contribution in [0.3, 0.4) is 0 Å². The molecule has 2 heterocycles. The molecule has 2 amide bonds. The van der Waals surface area contributed by atoms with Gasteiger partial charge in [0.2, 0.25) is 5.91 Å². The molecular weight excluding hydrogens is 462 g/mol. The minimum atomic E-state index is -0.198. The molecule has 3 aromatic carbocycles. The van der Waals surface area contributed by atoms with Crippen LogP contribution in [0.25, 0.3) is 10.8 Å². The van der Waals surface area contributed by atoms with E-state index in [0.29, 0.717) is 25.2 Å². The van der Waals surface area contributed by atoms with E-state index in [1.807, 2.05) is 47.4 Å². The average molecular weight is 500 g/mol. The van der Waals surface area contributed by atoms with Crippen LogP contribution in [0.15, 0.2) is 60.7 Å². The summed E-state index contributed by atoms with van der Waals surface area (Å²) in [5.74, 6) is 0.563. The number of rotatable bonds is 7. The summed E-state index contributed by atoms with van der Waals surface area (Å²) in [6, 6.07) is 19.9. The van der Waals surface area contributed by atoms with Gasteiger partial charge in [-0.3, -0.25) is 14.5 Å². The second-order valence-corrected chi connectivity index (χ2v) is 10.3. The van der Waals surface area contributed by atoms with Crippen LogP contribution < -0.4 is 10.1 Å². The van der Waals surface area contributed by atoms with Gasteiger partial charge in [0, 0.05) is 37.1 Å². The molecule has 0 radical (unpaired) electrons. The first kappa shape index (κ1) is 25.3. The predicted molar refractivity (Wildman–Crippen MR) is 147 cm³/mol. The van der Waals surface area contributed by atoms with Gasteiger partial charge in [-0.1, -0.05) is 55.0 Å². The molecular formula is C31H37N3O3. The van der Waals surface area contributed by atoms with Crippen molar-refractivity contribution in [3.8, 4) is 5.75 Å². The van der Waals surface area contributed by atoms with Gasteiger partial charge in [0.25, 0.3) is 5.91 Å². The summed E-state index contributed by atoms with van der Waals surface area (Å²) >= 11 is 0. The molecule has 37 heavy (non-hydrogen) atoms. The van der Waals surface area contributed by atoms with E-state index in [-0.39, 0.29) is 17.7 Å². The number of nitrogens with one attached hydrogen (secondary N) is 1. The fourth-order valence-electron chi connectivity index (χ4n) is 5.75. The topological polar surface area (TPSA) is 61.9 Å². The number of nitrogens with zero attached hydrogens (tertiary/aromatic N) is 2. The Hall–Kier alpha value is -3.38. The summed E-state index contributed by atoms with van der Waals surface area (Å²) in [5.41, 5.74) is 3.12. The van der Waals surface area contributed by atoms with Crippen LogP contribution in [-0.4, -0.2) is 54.9 Å². The Labute approximate surface area is 219 Å². The van der Waals surface area contributed by atoms with E-state index >= 15 is 0 Å². The second-order valence-electron chi connectivity index (χ2n) is 10.3. The van der Waals surface area contributed by atoms with Crippen molar-refractivity contribution >= 4 is 22.6 Å². The third-order valence-electron chi connectivity index (χ3n) is 7.83. The number of likely N-dealkylation sites (tertiary alicyclic amines) is 2. The Kier molecular flexibility index (Phi) is 8.05. The SMILES string of the molecule is COc1ccc(C(=O)N2CCCC(C(=O)NCc3ccccc3CN3CCCCC3)C2)c2ccccc12. The van der Waals surface area contributed by atoms with Gasteiger partial charge in [0.15, 0.2) is 0 Å². The lowest BCUT2D eigenvalue weighted by Crippen LogP contribution is -2.45. The lowest BCUT2D eigenvalue weighted by Gasteiger charge is -2.32. The molecule has 1 N–H and O–H groups in total. The molecule has 3 aromatic rings. The van der Waals surface area contributed by atoms with Gasteiger partial charge < -0.3 is 15.0 Å². The van der Waals surface area contributed by atoms with Crippen LogP contribution in [0.2, 0.25) is 0 Å². The maximum absolute atomic E-state index is 13.5. The van der Waals surface area contributed by atoms with Gasteiger partial charge in [0.1, 0.15) is 5.75 Å². The fraction of sp³-hybridized carbons (Fsp3) is 0.419. The van der Waals surface area contributed by atoms with Crippen molar-refractivity contribution in [3.63, 3.8) is 0 Å². The van der Waals surface area contributed by atoms with E-state index in [1.165, 1.54) is 30.4 Å². The first-order chi connectivity index (χ1) is 18.1. The highest BCUT2D eigenvalue weighted by atomic mass is 16.5. The Balaban J connectivity index is 1.23. The summed E-state index contributed by atoms with van der Waals surface area (Å²) < 4.78 is 5.49. The van der Waals surface area contributed by atoms with E-state index < -0.39 is 0 Å². The lowest BCUT2D eigenvalue weighted by atomic mass is 9.95. The first-order valence-electron chi connectivity index (χ1n) is 13.6. The number of methoxy groups -OCH3 is 1. The number of hydrogen-bond acceptors (Lipinski definition) is 4. The Bertz CT molecular complexity index is 1250. The second kappa shape index (κ2) is 11.8. The number of fused-ring (bicyclic) bond motifs is 1. The van der Waals surface area contributed by atoms with Crippen LogP contribution >= 0.6 is 0 Å². The molecule has 5 rings (SSSR count). The minimum absolute atomic E-state index is 0.0248. The maximum Gasteiger partial charge on any atom is 0.254 e. The lowest BCUT2D eigenvalue weighted by molar-refractivity contribution is -0.126. The summed E-state index contributed by atoms with van der Waals surface area (Å²) in [4.78, 5) is 31.1. The van der Waals surface area contributed by atoms with E-state index in [1.54, 1.807) is 7.11 Å². The molecule has 1 atom stereocenters. The largest absolute Gasteiger partial charge is 0.496 e. The Morgan fingerprint density at radius 3 is 2.38 bits per heavy atom. The molecule has 1 unspecified atom stereocenters. The predicted octanol–water partition coefficient (Wildman–Crippen LogP) is 5.00. The van der Waals surface area contributed by atoms with E-state index in [0.717, 1.165) is 49.0 Å². The quantitative estimate of drug-likeness (QED) is 0.497. The van der Waals surface area contributed by atoms with Crippen molar-refractivity contribution in [2.75, 3.05) is 33.3 Å². The van der Waals surface area contributed by atoms with E-state index in [9.17, 15) is 9.59 Å². The van der Waals surface area contributed by atoms with Crippen LogP contribution in [0, 0.1) is 5.92 Å². The molecule has 2 fully saturated rings. The van der Waals surface area contributed by atoms with Gasteiger partial charge in [-0.2, -0.15) is 0 Å². The number of piperidine rings is 2. The summed E-state index contributed by atoms with van der Waals surface area (Å²) in [7, 11) is 1.64. The number of carbonyl (C=O) groups excluding carboxylic acids is 2. The number of carbonyl (C=O) groups is 2. The standard InChI is InChI=1S/C31H37N3O3/c1-37-29-16-15-28(26-13-5-6-14-27(26)29)31(36)34-19-9-12-25(22-34)30(35)32-20-23-10-3-4-11-24(23)21-33-17-7-2-8-18-33/h3-6,10-11,13-16,25H,2,7-9,12,17-22H2,1H3,(H,32,35). The summed E-state index contributed by atoms with van der Waals surface area (Å²) in [5, 5.41) is 4.98. The molecule has 0 aliphatic carbocycles. The Morgan fingerprint density at radius 2 is 1.59 bits per heavy atom. The zero-order chi connectivity index (χ0) is 25.6. The van der Waals surface area contributed by atoms with Gasteiger partial charge in [0.05, 0.1) is 13.0 Å². The first-order valence-corrected chi connectivity index (χ1v) is 13.6. The highest BCUT2D eigenvalue weighted by Gasteiger charge is 2.30. The van der Waals surface area contributed by atoms with Gasteiger partial charge in [-0.05, 0) is 67.4 Å². The molecule has 0 saturated carbocycles. The van der Waals surface area contributed by atoms with Crippen LogP contribution in [0.1, 0.15) is 53.6 Å². The molecule has 2 aliphatic heterocycles. The van der Waals surface area contributed by atoms with E-state index in [2.05, 4.69) is 28.4 Å². The molecule has 2 aliphatic rings. The van der Waals surface area contributed by atoms with Crippen molar-refractivity contribution in [1.29, 1.82) is 0 Å². The molecule has 0 bridgehead atoms. The van der Waals surface area contributed by atoms with Gasteiger partial charge in [-0.15, -0.1) is 0 Å². The summed E-state index contributed by atoms with van der Waals surface area (Å²) in [6.45, 7) is 4.87. The zero-order valence-electron chi connectivity index (χ0n) is 21.7. The number of ether oxygens (including phenoxy) is 1. The normalized spacial score (nSPS) is 18.5. The number of amides is 2. The van der Waals surface area contributed by atoms with Crippen molar-refractivity contribution in [2.24, 2.45) is 5.92 Å². The van der Waals surface area contributed by atoms with Gasteiger partial charge in [-0.25, -0.2) is 0 Å². The molecule has 6 nitrogen and oxygen atoms in total. The highest BCUT2D eigenvalue weighted by Crippen LogP contribution is 2.30. The van der Waals surface area contributed by atoms with Crippen LogP contribution in [0.4, 0.5) is 0 Å². The highest BCUT2D eigenvalue weighted by molar-refractivity contribution is 6.08. The summed E-state index contributed by atoms with van der Waals surface area (Å²) in [6.07, 6.45) is 5.48. The van der Waals surface area contributed by atoms with Crippen LogP contribution in [0.5, 0.6) is 5.75 Å². The van der Waals surface area contributed by atoms with Crippen molar-refractivity contribution < 1.29 is 14.3 Å².